The van der Waals surface area contributed by atoms with E-state index in [1.54, 1.807) is 18.2 Å². The quantitative estimate of drug-likeness (QED) is 0.437. The highest BCUT2D eigenvalue weighted by Crippen LogP contribution is 2.45. The van der Waals surface area contributed by atoms with E-state index < -0.39 is 7.80 Å². The van der Waals surface area contributed by atoms with Crippen molar-refractivity contribution in [1.29, 1.82) is 0 Å². The van der Waals surface area contributed by atoms with Crippen molar-refractivity contribution in [3.63, 3.8) is 0 Å². The van der Waals surface area contributed by atoms with Gasteiger partial charge in [0.1, 0.15) is 24.9 Å². The van der Waals surface area contributed by atoms with Crippen molar-refractivity contribution in [2.45, 2.75) is 66.5 Å². The second kappa shape index (κ2) is 10.3. The normalized spacial score (nSPS) is 15.3. The van der Waals surface area contributed by atoms with E-state index in [2.05, 4.69) is 41.5 Å². The summed E-state index contributed by atoms with van der Waals surface area (Å²) in [7, 11) is 0.511. The number of benzene rings is 1. The van der Waals surface area contributed by atoms with E-state index >= 15 is 0 Å². The third-order valence-corrected chi connectivity index (χ3v) is 6.56. The maximum atomic E-state index is 13.3. The van der Waals surface area contributed by atoms with Gasteiger partial charge in [0.15, 0.2) is 0 Å². The van der Waals surface area contributed by atoms with E-state index in [1.807, 2.05) is 0 Å². The van der Waals surface area contributed by atoms with Crippen LogP contribution in [0.5, 0.6) is 11.5 Å². The molecule has 0 heterocycles. The van der Waals surface area contributed by atoms with Gasteiger partial charge in [0.2, 0.25) is 5.52 Å². The lowest BCUT2D eigenvalue weighted by molar-refractivity contribution is 0.107. The lowest BCUT2D eigenvalue weighted by Gasteiger charge is -2.27. The molecule has 1 rings (SSSR count). The molecule has 0 amide bonds. The molecule has 0 saturated heterocycles. The van der Waals surface area contributed by atoms with E-state index in [0.29, 0.717) is 28.9 Å². The summed E-state index contributed by atoms with van der Waals surface area (Å²) in [6.45, 7) is 13.1. The van der Waals surface area contributed by atoms with Gasteiger partial charge in [0, 0.05) is 5.66 Å². The van der Waals surface area contributed by atoms with Crippen molar-refractivity contribution in [3.8, 4) is 11.5 Å². The molecule has 3 unspecified atom stereocenters. The van der Waals surface area contributed by atoms with Crippen LogP contribution >= 0.6 is 7.80 Å². The highest BCUT2D eigenvalue weighted by atomic mass is 31.1. The van der Waals surface area contributed by atoms with Gasteiger partial charge in [-0.25, -0.2) is 0 Å². The third kappa shape index (κ3) is 7.33. The molecule has 0 radical (unpaired) electrons. The van der Waals surface area contributed by atoms with Crippen LogP contribution in [-0.4, -0.2) is 25.4 Å². The summed E-state index contributed by atoms with van der Waals surface area (Å²) in [6, 6.07) is 5.19. The van der Waals surface area contributed by atoms with Gasteiger partial charge < -0.3 is 14.0 Å². The maximum absolute atomic E-state index is 13.3. The number of ether oxygens (including phenoxy) is 2. The van der Waals surface area contributed by atoms with Crippen LogP contribution in [0.4, 0.5) is 0 Å². The number of methoxy groups -OCH3 is 2. The minimum absolute atomic E-state index is 0.102. The molecule has 0 aromatic heterocycles. The van der Waals surface area contributed by atoms with Crippen LogP contribution in [0.25, 0.3) is 0 Å². The molecule has 1 aromatic rings. The van der Waals surface area contributed by atoms with E-state index in [9.17, 15) is 9.36 Å². The number of rotatable bonds is 10. The molecule has 27 heavy (non-hydrogen) atoms. The Morgan fingerprint density at radius 1 is 1.04 bits per heavy atom. The molecule has 5 heteroatoms. The zero-order chi connectivity index (χ0) is 20.8. The van der Waals surface area contributed by atoms with E-state index in [1.165, 1.54) is 14.2 Å². The molecular weight excluding hydrogens is 359 g/mol. The minimum Gasteiger partial charge on any atom is -0.496 e. The first-order valence-electron chi connectivity index (χ1n) is 9.79. The predicted octanol–water partition coefficient (Wildman–Crippen LogP) is 6.28. The number of carbonyl (C=O) groups is 1. The summed E-state index contributed by atoms with van der Waals surface area (Å²) in [5.41, 5.74) is 0.0917. The van der Waals surface area contributed by atoms with Crippen molar-refractivity contribution in [2.24, 2.45) is 17.3 Å². The minimum atomic E-state index is -2.52. The zero-order valence-electron chi connectivity index (χ0n) is 18.2. The Morgan fingerprint density at radius 3 is 1.96 bits per heavy atom. The van der Waals surface area contributed by atoms with E-state index in [-0.39, 0.29) is 16.6 Å². The number of carbonyl (C=O) groups excluding carboxylic acids is 1. The van der Waals surface area contributed by atoms with Gasteiger partial charge in [-0.1, -0.05) is 47.6 Å². The van der Waals surface area contributed by atoms with Gasteiger partial charge in [-0.05, 0) is 48.6 Å². The van der Waals surface area contributed by atoms with Gasteiger partial charge in [0.05, 0.1) is 14.2 Å². The highest BCUT2D eigenvalue weighted by molar-refractivity contribution is 7.65. The summed E-state index contributed by atoms with van der Waals surface area (Å²) >= 11 is 0. The number of hydrogen-bond acceptors (Lipinski definition) is 4. The smallest absolute Gasteiger partial charge is 0.226 e. The summed E-state index contributed by atoms with van der Waals surface area (Å²) in [5, 5.41) is 0. The average Bonchev–Trinajstić information content (AvgIpc) is 2.56. The average molecular weight is 397 g/mol. The second-order valence-corrected chi connectivity index (χ2v) is 11.2. The van der Waals surface area contributed by atoms with Crippen LogP contribution < -0.4 is 9.47 Å². The molecule has 0 aliphatic heterocycles. The monoisotopic (exact) mass is 396 g/mol. The zero-order valence-corrected chi connectivity index (χ0v) is 19.2. The van der Waals surface area contributed by atoms with Crippen LogP contribution in [0, 0.1) is 17.3 Å². The van der Waals surface area contributed by atoms with Gasteiger partial charge >= 0.3 is 0 Å². The second-order valence-electron chi connectivity index (χ2n) is 9.16. The molecule has 0 saturated carbocycles. The van der Waals surface area contributed by atoms with Gasteiger partial charge in [-0.15, -0.1) is 0 Å². The van der Waals surface area contributed by atoms with Gasteiger partial charge in [-0.2, -0.15) is 0 Å². The highest BCUT2D eigenvalue weighted by Gasteiger charge is 2.31. The molecule has 3 atom stereocenters. The fourth-order valence-electron chi connectivity index (χ4n) is 3.88. The van der Waals surface area contributed by atoms with Crippen molar-refractivity contribution in [1.82, 2.24) is 0 Å². The molecule has 1 aromatic carbocycles. The molecule has 0 bridgehead atoms. The summed E-state index contributed by atoms with van der Waals surface area (Å²) < 4.78 is 24.0. The summed E-state index contributed by atoms with van der Waals surface area (Å²) in [4.78, 5) is 13.2. The molecular formula is C22H37O4P. The lowest BCUT2D eigenvalue weighted by Crippen LogP contribution is -2.18. The van der Waals surface area contributed by atoms with Crippen molar-refractivity contribution < 1.29 is 18.8 Å². The van der Waals surface area contributed by atoms with Crippen LogP contribution in [0.2, 0.25) is 0 Å². The Labute approximate surface area is 165 Å². The topological polar surface area (TPSA) is 52.6 Å². The summed E-state index contributed by atoms with van der Waals surface area (Å²) in [5.74, 6) is 1.64. The Hall–Kier alpha value is -1.28. The molecule has 0 N–H and O–H groups in total. The first-order chi connectivity index (χ1) is 12.5. The molecule has 154 valence electrons. The summed E-state index contributed by atoms with van der Waals surface area (Å²) in [6.07, 6.45) is 2.63. The Balaban J connectivity index is 3.13. The first-order valence-corrected chi connectivity index (χ1v) is 11.3. The fraction of sp³-hybridized carbons (Fsp3) is 0.682. The Kier molecular flexibility index (Phi) is 9.08. The molecule has 4 nitrogen and oxygen atoms in total. The maximum Gasteiger partial charge on any atom is 0.226 e. The first kappa shape index (κ1) is 23.8. The van der Waals surface area contributed by atoms with Crippen LogP contribution in [0.15, 0.2) is 18.2 Å². The Bertz CT molecular complexity index is 624. The van der Waals surface area contributed by atoms with Crippen LogP contribution in [0.1, 0.15) is 71.2 Å². The molecule has 0 aliphatic rings. The molecule has 0 spiro atoms. The Morgan fingerprint density at radius 2 is 1.56 bits per heavy atom. The SMILES string of the molecule is COc1cccc(OC)c1C(=O)[PH](=O)C(CC(C)C)CC(C)CC(C)(C)C. The van der Waals surface area contributed by atoms with E-state index in [4.69, 9.17) is 9.47 Å². The molecule has 0 fully saturated rings. The molecule has 0 aliphatic carbocycles. The van der Waals surface area contributed by atoms with Gasteiger partial charge in [-0.3, -0.25) is 4.79 Å². The van der Waals surface area contributed by atoms with Crippen LogP contribution in [-0.2, 0) is 4.57 Å². The number of hydrogen-bond donors (Lipinski definition) is 0. The predicted molar refractivity (Wildman–Crippen MR) is 114 cm³/mol. The lowest BCUT2D eigenvalue weighted by atomic mass is 9.83. The van der Waals surface area contributed by atoms with Crippen molar-refractivity contribution in [3.05, 3.63) is 23.8 Å². The standard InChI is InChI=1S/C22H37O4P/c1-15(2)12-17(13-16(3)14-22(4,5)6)27(24)21(23)20-18(25-7)10-9-11-19(20)26-8/h9-11,15-17,27H,12-14H2,1-8H3. The van der Waals surface area contributed by atoms with E-state index in [0.717, 1.165) is 19.3 Å². The van der Waals surface area contributed by atoms with Crippen LogP contribution in [0.3, 0.4) is 0 Å². The van der Waals surface area contributed by atoms with Crippen molar-refractivity contribution in [2.75, 3.05) is 14.2 Å². The third-order valence-electron chi connectivity index (χ3n) is 4.65. The van der Waals surface area contributed by atoms with Gasteiger partial charge in [0.25, 0.3) is 0 Å². The fourth-order valence-corrected chi connectivity index (χ4v) is 6.04. The van der Waals surface area contributed by atoms with Crippen molar-refractivity contribution >= 4 is 13.3 Å². The largest absolute Gasteiger partial charge is 0.496 e.